The van der Waals surface area contributed by atoms with Crippen molar-refractivity contribution in [3.05, 3.63) is 0 Å². The van der Waals surface area contributed by atoms with Crippen molar-refractivity contribution < 1.29 is 43.0 Å². The van der Waals surface area contributed by atoms with Crippen LogP contribution in [0, 0.1) is 0 Å². The van der Waals surface area contributed by atoms with Crippen LogP contribution < -0.4 is 0 Å². The van der Waals surface area contributed by atoms with Gasteiger partial charge >= 0.3 is 35.8 Å². The van der Waals surface area contributed by atoms with E-state index >= 15 is 0 Å². The molecule has 0 bridgehead atoms. The minimum absolute atomic E-state index is 0. The normalized spacial score (nSPS) is 8.36. The monoisotopic (exact) mass is 417 g/mol. The molecule has 0 atom stereocenters. The number of carbonyl (C=O) groups excluding carboxylic acids is 6. The first-order valence-corrected chi connectivity index (χ1v) is 8.81. The van der Waals surface area contributed by atoms with E-state index in [1.165, 1.54) is 0 Å². The van der Waals surface area contributed by atoms with Crippen LogP contribution in [0.1, 0.15) is 80.1 Å². The Kier molecular flexibility index (Phi) is 27.5. The summed E-state index contributed by atoms with van der Waals surface area (Å²) >= 11 is 0. The van der Waals surface area contributed by atoms with Crippen LogP contribution in [0.5, 0.6) is 0 Å². The number of hydrogen-bond donors (Lipinski definition) is 0. The minimum atomic E-state index is -0.457. The van der Waals surface area contributed by atoms with E-state index in [-0.39, 0.29) is 55.9 Å². The lowest BCUT2D eigenvalue weighted by atomic mass is 10.5. The minimum Gasteiger partial charge on any atom is -0.393 e. The third-order valence-electron chi connectivity index (χ3n) is 2.42. The Bertz CT molecular complexity index is 388. The molecule has 0 aliphatic carbocycles. The summed E-state index contributed by atoms with van der Waals surface area (Å²) in [5.74, 6) is -2.74. The second kappa shape index (κ2) is 23.0. The maximum atomic E-state index is 10.3. The fourth-order valence-electron chi connectivity index (χ4n) is 0.814. The Hall–Kier alpha value is -2.05. The van der Waals surface area contributed by atoms with Crippen molar-refractivity contribution in [1.29, 1.82) is 0 Å². The number of esters is 6. The number of ether oxygens (including phenoxy) is 3. The van der Waals surface area contributed by atoms with Gasteiger partial charge in [0.25, 0.3) is 0 Å². The van der Waals surface area contributed by atoms with Crippen molar-refractivity contribution in [1.82, 2.24) is 0 Å². The number of carbonyl (C=O) groups is 6. The highest BCUT2D eigenvalue weighted by Crippen LogP contribution is 1.89. The molecule has 0 unspecified atom stereocenters. The maximum absolute atomic E-state index is 10.3. The average molecular weight is 417 g/mol. The highest BCUT2D eigenvalue weighted by Gasteiger charge is 2.04. The van der Waals surface area contributed by atoms with Gasteiger partial charge in [-0.15, -0.1) is 0 Å². The van der Waals surface area contributed by atoms with Gasteiger partial charge in [0, 0.05) is 55.9 Å². The van der Waals surface area contributed by atoms with Gasteiger partial charge in [0.2, 0.25) is 0 Å². The van der Waals surface area contributed by atoms with Gasteiger partial charge in [-0.3, -0.25) is 28.8 Å². The molecule has 10 heteroatoms. The molecule has 0 aromatic carbocycles. The van der Waals surface area contributed by atoms with Crippen molar-refractivity contribution >= 4 is 53.2 Å². The predicted octanol–water partition coefficient (Wildman–Crippen LogP) is 2.25. The molecule has 0 saturated carbocycles. The molecule has 0 aliphatic heterocycles. The zero-order valence-corrected chi connectivity index (χ0v) is 18.6. The van der Waals surface area contributed by atoms with Gasteiger partial charge < -0.3 is 14.2 Å². The summed E-state index contributed by atoms with van der Waals surface area (Å²) in [6, 6.07) is 0. The highest BCUT2D eigenvalue weighted by atomic mass is 27.0. The van der Waals surface area contributed by atoms with Crippen LogP contribution in [-0.2, 0) is 43.0 Å². The van der Waals surface area contributed by atoms with E-state index in [1.54, 1.807) is 41.5 Å². The SMILES string of the molecule is CCC(=O)OC(=O)CC.CCC(=O)OC(=O)CC.CCC(=O)OC(=O)CC.[Al]. The smallest absolute Gasteiger partial charge is 0.313 e. The molecule has 0 heterocycles. The molecular weight excluding hydrogens is 387 g/mol. The van der Waals surface area contributed by atoms with Crippen LogP contribution in [0.4, 0.5) is 0 Å². The quantitative estimate of drug-likeness (QED) is 0.276. The standard InChI is InChI=1S/3C6H10O3.Al/c3*1-3-5(7)9-6(8)4-2;/h3*3-4H2,1-2H3;. The average Bonchev–Trinajstić information content (AvgIpc) is 2.67. The Balaban J connectivity index is -0.000000152. The fraction of sp³-hybridized carbons (Fsp3) is 0.667. The fourth-order valence-corrected chi connectivity index (χ4v) is 0.814. The zero-order valence-electron chi connectivity index (χ0n) is 17.5. The van der Waals surface area contributed by atoms with Crippen LogP contribution in [0.3, 0.4) is 0 Å². The van der Waals surface area contributed by atoms with Gasteiger partial charge in [-0.2, -0.15) is 0 Å². The van der Waals surface area contributed by atoms with Gasteiger partial charge in [-0.25, -0.2) is 0 Å². The lowest BCUT2D eigenvalue weighted by Crippen LogP contribution is -2.09. The Morgan fingerprint density at radius 3 is 0.571 bits per heavy atom. The summed E-state index contributed by atoms with van der Waals surface area (Å²) < 4.78 is 12.8. The van der Waals surface area contributed by atoms with Crippen molar-refractivity contribution in [3.8, 4) is 0 Å². The Morgan fingerprint density at radius 2 is 0.500 bits per heavy atom. The van der Waals surface area contributed by atoms with E-state index in [4.69, 9.17) is 0 Å². The molecule has 28 heavy (non-hydrogen) atoms. The van der Waals surface area contributed by atoms with Gasteiger partial charge in [-0.05, 0) is 0 Å². The first-order chi connectivity index (χ1) is 12.6. The molecule has 0 aliphatic rings. The lowest BCUT2D eigenvalue weighted by Gasteiger charge is -1.95. The molecule has 0 aromatic heterocycles. The third-order valence-corrected chi connectivity index (χ3v) is 2.42. The van der Waals surface area contributed by atoms with E-state index in [1.807, 2.05) is 0 Å². The van der Waals surface area contributed by atoms with Crippen LogP contribution in [0.25, 0.3) is 0 Å². The summed E-state index contributed by atoms with van der Waals surface area (Å²) in [6.07, 6.45) is 1.53. The molecule has 0 fully saturated rings. The van der Waals surface area contributed by atoms with E-state index in [9.17, 15) is 28.8 Å². The van der Waals surface area contributed by atoms with E-state index < -0.39 is 35.8 Å². The zero-order chi connectivity index (χ0) is 21.8. The van der Waals surface area contributed by atoms with Crippen molar-refractivity contribution in [3.63, 3.8) is 0 Å². The summed E-state index contributed by atoms with van der Waals surface area (Å²) in [4.78, 5) is 62.0. The largest absolute Gasteiger partial charge is 0.393 e. The molecular formula is C18H30AlO9. The van der Waals surface area contributed by atoms with Crippen molar-refractivity contribution in [2.75, 3.05) is 0 Å². The van der Waals surface area contributed by atoms with Crippen LogP contribution >= 0.6 is 0 Å². The molecule has 0 N–H and O–H groups in total. The van der Waals surface area contributed by atoms with Crippen molar-refractivity contribution in [2.45, 2.75) is 80.1 Å². The first kappa shape index (κ1) is 33.5. The summed E-state index contributed by atoms with van der Waals surface area (Å²) in [5.41, 5.74) is 0. The first-order valence-electron chi connectivity index (χ1n) is 8.81. The predicted molar refractivity (Wildman–Crippen MR) is 101 cm³/mol. The number of hydrogen-bond acceptors (Lipinski definition) is 9. The molecule has 0 spiro atoms. The highest BCUT2D eigenvalue weighted by molar-refractivity contribution is 5.85. The topological polar surface area (TPSA) is 130 Å². The van der Waals surface area contributed by atoms with Crippen molar-refractivity contribution in [2.24, 2.45) is 0 Å². The van der Waals surface area contributed by atoms with Gasteiger partial charge in [-0.1, -0.05) is 41.5 Å². The molecule has 0 amide bonds. The van der Waals surface area contributed by atoms with Gasteiger partial charge in [0.15, 0.2) is 0 Å². The molecule has 0 rings (SSSR count). The van der Waals surface area contributed by atoms with Crippen LogP contribution in [-0.4, -0.2) is 53.2 Å². The molecule has 3 radical (unpaired) electrons. The summed E-state index contributed by atoms with van der Waals surface area (Å²) in [6.45, 7) is 9.86. The summed E-state index contributed by atoms with van der Waals surface area (Å²) in [5, 5.41) is 0. The van der Waals surface area contributed by atoms with Gasteiger partial charge in [0.1, 0.15) is 0 Å². The maximum Gasteiger partial charge on any atom is 0.313 e. The van der Waals surface area contributed by atoms with Gasteiger partial charge in [0.05, 0.1) is 0 Å². The number of rotatable bonds is 6. The second-order valence-corrected chi connectivity index (χ2v) is 4.66. The summed E-state index contributed by atoms with van der Waals surface area (Å²) in [7, 11) is 0. The molecule has 9 nitrogen and oxygen atoms in total. The lowest BCUT2D eigenvalue weighted by molar-refractivity contribution is -0.160. The van der Waals surface area contributed by atoms with E-state index in [0.29, 0.717) is 0 Å². The molecule has 0 aromatic rings. The van der Waals surface area contributed by atoms with Crippen LogP contribution in [0.15, 0.2) is 0 Å². The second-order valence-electron chi connectivity index (χ2n) is 4.66. The Labute approximate surface area is 176 Å². The van der Waals surface area contributed by atoms with E-state index in [2.05, 4.69) is 14.2 Å². The van der Waals surface area contributed by atoms with E-state index in [0.717, 1.165) is 0 Å². The van der Waals surface area contributed by atoms with Crippen LogP contribution in [0.2, 0.25) is 0 Å². The molecule has 159 valence electrons. The molecule has 0 saturated heterocycles. The third kappa shape index (κ3) is 26.2. The Morgan fingerprint density at radius 1 is 0.393 bits per heavy atom.